The van der Waals surface area contributed by atoms with Crippen molar-refractivity contribution in [1.29, 1.82) is 0 Å². The first kappa shape index (κ1) is 19.0. The number of rotatable bonds is 4. The second kappa shape index (κ2) is 6.79. The third-order valence-corrected chi connectivity index (χ3v) is 6.66. The van der Waals surface area contributed by atoms with Crippen LogP contribution in [0.25, 0.3) is 11.4 Å². The number of nitrogens with zero attached hydrogens (tertiary/aromatic N) is 3. The molecule has 2 aliphatic rings. The van der Waals surface area contributed by atoms with E-state index in [0.717, 1.165) is 43.4 Å². The molecule has 30 heavy (non-hydrogen) atoms. The predicted octanol–water partition coefficient (Wildman–Crippen LogP) is 5.62. The highest BCUT2D eigenvalue weighted by Crippen LogP contribution is 2.57. The summed E-state index contributed by atoms with van der Waals surface area (Å²) in [6.07, 6.45) is 2.19. The molecule has 1 aliphatic heterocycles. The van der Waals surface area contributed by atoms with Crippen molar-refractivity contribution >= 4 is 5.70 Å². The fourth-order valence-electron chi connectivity index (χ4n) is 5.11. The Morgan fingerprint density at radius 1 is 1.07 bits per heavy atom. The number of halogens is 2. The fraction of sp³-hybridized carbons (Fsp3) is 0.320. The minimum atomic E-state index is -0.563. The van der Waals surface area contributed by atoms with E-state index in [0.29, 0.717) is 17.2 Å². The van der Waals surface area contributed by atoms with Crippen LogP contribution >= 0.6 is 0 Å². The van der Waals surface area contributed by atoms with Crippen LogP contribution in [-0.4, -0.2) is 27.8 Å². The van der Waals surface area contributed by atoms with Crippen LogP contribution in [0.5, 0.6) is 0 Å². The molecule has 0 N–H and O–H groups in total. The quantitative estimate of drug-likeness (QED) is 0.562. The molecule has 0 atom stereocenters. The van der Waals surface area contributed by atoms with Gasteiger partial charge in [0, 0.05) is 47.4 Å². The largest absolute Gasteiger partial charge is 0.370 e. The van der Waals surface area contributed by atoms with Crippen molar-refractivity contribution < 1.29 is 8.78 Å². The maximum Gasteiger partial charge on any atom is 0.135 e. The van der Waals surface area contributed by atoms with Crippen LogP contribution in [0, 0.1) is 30.9 Å². The standard InChI is InChI=1S/C25H25F2N3/c1-16-6-4-5-7-23(16)30-24(10-17(2)28-30)19-12-25(13-19)14-29(15-25)18(3)21-9-8-20(26)11-22(21)27/h4-11,19H,3,12-15H2,1-2H3. The zero-order chi connectivity index (χ0) is 21.0. The fourth-order valence-corrected chi connectivity index (χ4v) is 5.11. The van der Waals surface area contributed by atoms with E-state index in [1.165, 1.54) is 23.4 Å². The Hall–Kier alpha value is -2.95. The molecule has 3 nitrogen and oxygen atoms in total. The zero-order valence-electron chi connectivity index (χ0n) is 17.3. The molecule has 0 unspecified atom stereocenters. The number of hydrogen-bond acceptors (Lipinski definition) is 2. The van der Waals surface area contributed by atoms with Gasteiger partial charge in [-0.15, -0.1) is 0 Å². The molecule has 2 heterocycles. The maximum atomic E-state index is 14.1. The van der Waals surface area contributed by atoms with Crippen molar-refractivity contribution in [3.63, 3.8) is 0 Å². The van der Waals surface area contributed by atoms with Crippen molar-refractivity contribution in [3.8, 4) is 5.69 Å². The lowest BCUT2D eigenvalue weighted by molar-refractivity contribution is -0.0412. The molecular weight excluding hydrogens is 380 g/mol. The second-order valence-electron chi connectivity index (χ2n) is 8.94. The van der Waals surface area contributed by atoms with Crippen LogP contribution in [0.15, 0.2) is 55.1 Å². The second-order valence-corrected chi connectivity index (χ2v) is 8.94. The molecule has 1 spiro atoms. The molecule has 1 saturated carbocycles. The molecule has 154 valence electrons. The van der Waals surface area contributed by atoms with Gasteiger partial charge in [0.25, 0.3) is 0 Å². The number of aryl methyl sites for hydroxylation is 2. The van der Waals surface area contributed by atoms with Crippen LogP contribution in [0.2, 0.25) is 0 Å². The first-order chi connectivity index (χ1) is 14.3. The molecule has 1 saturated heterocycles. The van der Waals surface area contributed by atoms with E-state index in [1.807, 2.05) is 13.0 Å². The van der Waals surface area contributed by atoms with E-state index in [2.05, 4.69) is 47.3 Å². The summed E-state index contributed by atoms with van der Waals surface area (Å²) in [6, 6.07) is 14.2. The van der Waals surface area contributed by atoms with Gasteiger partial charge in [0.15, 0.2) is 0 Å². The van der Waals surface area contributed by atoms with Crippen LogP contribution in [-0.2, 0) is 0 Å². The highest BCUT2D eigenvalue weighted by Gasteiger charge is 2.53. The first-order valence-electron chi connectivity index (χ1n) is 10.4. The maximum absolute atomic E-state index is 14.1. The average Bonchev–Trinajstić information content (AvgIpc) is 3.00. The lowest BCUT2D eigenvalue weighted by Gasteiger charge is -2.60. The molecular formula is C25H25F2N3. The molecule has 2 fully saturated rings. The van der Waals surface area contributed by atoms with Crippen molar-refractivity contribution in [2.45, 2.75) is 32.6 Å². The van der Waals surface area contributed by atoms with Crippen LogP contribution < -0.4 is 0 Å². The smallest absolute Gasteiger partial charge is 0.135 e. The summed E-state index contributed by atoms with van der Waals surface area (Å²) < 4.78 is 29.4. The lowest BCUT2D eigenvalue weighted by atomic mass is 9.56. The lowest BCUT2D eigenvalue weighted by Crippen LogP contribution is -2.60. The number of para-hydroxylation sites is 1. The van der Waals surface area contributed by atoms with E-state index in [9.17, 15) is 8.78 Å². The molecule has 0 bridgehead atoms. The van der Waals surface area contributed by atoms with Crippen LogP contribution in [0.1, 0.15) is 41.3 Å². The minimum Gasteiger partial charge on any atom is -0.370 e. The highest BCUT2D eigenvalue weighted by molar-refractivity contribution is 5.63. The summed E-state index contributed by atoms with van der Waals surface area (Å²) in [5.74, 6) is -0.639. The number of benzene rings is 2. The third kappa shape index (κ3) is 3.04. The Bertz CT molecular complexity index is 1130. The van der Waals surface area contributed by atoms with Gasteiger partial charge in [-0.3, -0.25) is 0 Å². The van der Waals surface area contributed by atoms with E-state index in [4.69, 9.17) is 5.10 Å². The number of hydrogen-bond donors (Lipinski definition) is 0. The molecule has 1 aliphatic carbocycles. The summed E-state index contributed by atoms with van der Waals surface area (Å²) in [6.45, 7) is 9.95. The Morgan fingerprint density at radius 2 is 1.80 bits per heavy atom. The zero-order valence-corrected chi connectivity index (χ0v) is 17.3. The Kier molecular flexibility index (Phi) is 4.31. The molecule has 0 radical (unpaired) electrons. The summed E-state index contributed by atoms with van der Waals surface area (Å²) >= 11 is 0. The molecule has 1 aromatic heterocycles. The third-order valence-electron chi connectivity index (χ3n) is 6.66. The Morgan fingerprint density at radius 3 is 2.50 bits per heavy atom. The normalized spacial score (nSPS) is 17.7. The van der Waals surface area contributed by atoms with E-state index in [-0.39, 0.29) is 5.41 Å². The molecule has 2 aromatic carbocycles. The van der Waals surface area contributed by atoms with Crippen molar-refractivity contribution in [2.75, 3.05) is 13.1 Å². The molecule has 5 heteroatoms. The van der Waals surface area contributed by atoms with Gasteiger partial charge in [0.05, 0.1) is 11.4 Å². The van der Waals surface area contributed by atoms with Gasteiger partial charge in [0.2, 0.25) is 0 Å². The summed E-state index contributed by atoms with van der Waals surface area (Å²) in [7, 11) is 0. The van der Waals surface area contributed by atoms with Crippen LogP contribution in [0.4, 0.5) is 8.78 Å². The first-order valence-corrected chi connectivity index (χ1v) is 10.4. The van der Waals surface area contributed by atoms with Crippen molar-refractivity contribution in [2.24, 2.45) is 5.41 Å². The minimum absolute atomic E-state index is 0.263. The van der Waals surface area contributed by atoms with E-state index < -0.39 is 11.6 Å². The van der Waals surface area contributed by atoms with Crippen molar-refractivity contribution in [1.82, 2.24) is 14.7 Å². The summed E-state index contributed by atoms with van der Waals surface area (Å²) in [5, 5.41) is 4.76. The van der Waals surface area contributed by atoms with Gasteiger partial charge in [-0.25, -0.2) is 13.5 Å². The Labute approximate surface area is 175 Å². The van der Waals surface area contributed by atoms with E-state index in [1.54, 1.807) is 0 Å². The molecule has 0 amide bonds. The number of likely N-dealkylation sites (tertiary alicyclic amines) is 1. The molecule has 3 aromatic rings. The predicted molar refractivity (Wildman–Crippen MR) is 114 cm³/mol. The Balaban J connectivity index is 1.28. The van der Waals surface area contributed by atoms with Gasteiger partial charge in [-0.2, -0.15) is 5.10 Å². The van der Waals surface area contributed by atoms with E-state index >= 15 is 0 Å². The van der Waals surface area contributed by atoms with Gasteiger partial charge < -0.3 is 4.90 Å². The number of aromatic nitrogens is 2. The molecule has 5 rings (SSSR count). The summed E-state index contributed by atoms with van der Waals surface area (Å²) in [4.78, 5) is 2.11. The monoisotopic (exact) mass is 405 g/mol. The van der Waals surface area contributed by atoms with Gasteiger partial charge in [0.1, 0.15) is 11.6 Å². The SMILES string of the molecule is C=C(c1ccc(F)cc1F)N1CC2(CC(c3cc(C)nn3-c3ccccc3C)C2)C1. The van der Waals surface area contributed by atoms with Crippen LogP contribution in [0.3, 0.4) is 0 Å². The van der Waals surface area contributed by atoms with Crippen molar-refractivity contribution in [3.05, 3.63) is 89.3 Å². The topological polar surface area (TPSA) is 21.1 Å². The highest BCUT2D eigenvalue weighted by atomic mass is 19.1. The summed E-state index contributed by atoms with van der Waals surface area (Å²) in [5.41, 5.74) is 5.94. The van der Waals surface area contributed by atoms with Gasteiger partial charge in [-0.1, -0.05) is 24.8 Å². The van der Waals surface area contributed by atoms with Gasteiger partial charge in [-0.05, 0) is 56.5 Å². The average molecular weight is 405 g/mol. The van der Waals surface area contributed by atoms with Gasteiger partial charge >= 0.3 is 0 Å².